The van der Waals surface area contributed by atoms with Gasteiger partial charge in [0.05, 0.1) is 18.5 Å². The second-order valence-electron chi connectivity index (χ2n) is 7.08. The summed E-state index contributed by atoms with van der Waals surface area (Å²) in [4.78, 5) is 20.7. The quantitative estimate of drug-likeness (QED) is 0.735. The summed E-state index contributed by atoms with van der Waals surface area (Å²) >= 11 is 1.51. The van der Waals surface area contributed by atoms with E-state index in [0.29, 0.717) is 17.7 Å². The van der Waals surface area contributed by atoms with Crippen LogP contribution in [0.1, 0.15) is 34.4 Å². The van der Waals surface area contributed by atoms with Gasteiger partial charge in [0, 0.05) is 41.2 Å². The molecule has 0 radical (unpaired) electrons. The lowest BCUT2D eigenvalue weighted by Gasteiger charge is -2.19. The van der Waals surface area contributed by atoms with Crippen LogP contribution in [0.4, 0.5) is 0 Å². The zero-order chi connectivity index (χ0) is 18.4. The highest BCUT2D eigenvalue weighted by atomic mass is 32.1. The number of amides is 1. The van der Waals surface area contributed by atoms with Gasteiger partial charge >= 0.3 is 0 Å². The number of carbonyl (C=O) groups excluding carboxylic acids is 1. The Kier molecular flexibility index (Phi) is 3.97. The number of nitrogens with zero attached hydrogens (tertiary/aromatic N) is 3. The minimum atomic E-state index is 0.0653. The van der Waals surface area contributed by atoms with Gasteiger partial charge in [-0.25, -0.2) is 4.98 Å². The van der Waals surface area contributed by atoms with Crippen molar-refractivity contribution in [2.75, 3.05) is 13.2 Å². The number of aromatic amines is 1. The lowest BCUT2D eigenvalue weighted by Crippen LogP contribution is -2.33. The molecule has 4 heterocycles. The van der Waals surface area contributed by atoms with Gasteiger partial charge in [-0.1, -0.05) is 6.07 Å². The maximum Gasteiger partial charge on any atom is 0.283 e. The van der Waals surface area contributed by atoms with Crippen LogP contribution in [0.25, 0.3) is 22.4 Å². The molecular weight excluding hydrogens is 360 g/mol. The number of likely N-dealkylation sites (tertiary alicyclic amines) is 1. The van der Waals surface area contributed by atoms with Crippen molar-refractivity contribution in [3.63, 3.8) is 0 Å². The molecule has 0 bridgehead atoms. The van der Waals surface area contributed by atoms with Crippen LogP contribution in [0.2, 0.25) is 0 Å². The third-order valence-corrected chi connectivity index (χ3v) is 6.45. The van der Waals surface area contributed by atoms with Gasteiger partial charge in [-0.3, -0.25) is 9.89 Å². The molecule has 2 aromatic heterocycles. The third kappa shape index (κ3) is 2.82. The van der Waals surface area contributed by atoms with E-state index in [-0.39, 0.29) is 5.91 Å². The van der Waals surface area contributed by atoms with E-state index in [1.165, 1.54) is 11.3 Å². The molecule has 1 amide bonds. The fraction of sp³-hybridized carbons (Fsp3) is 0.350. The highest BCUT2D eigenvalue weighted by Crippen LogP contribution is 2.40. The first-order valence-electron chi connectivity index (χ1n) is 9.28. The summed E-state index contributed by atoms with van der Waals surface area (Å²) in [6.45, 7) is 3.53. The Balaban J connectivity index is 1.53. The van der Waals surface area contributed by atoms with Crippen molar-refractivity contribution < 1.29 is 9.53 Å². The number of ether oxygens (including phenoxy) is 1. The predicted molar refractivity (Wildman–Crippen MR) is 104 cm³/mol. The molecule has 1 N–H and O–H groups in total. The van der Waals surface area contributed by atoms with Gasteiger partial charge in [-0.15, -0.1) is 11.3 Å². The standard InChI is InChI=1S/C20H20N4O2S/c1-12-3-2-7-24(12)20(25)19-23-18-15-5-4-13(14-10-21-22-11-14)9-16(15)26-8-6-17(18)27-19/h4-5,9-12H,2-3,6-8H2,1H3,(H,21,22). The fourth-order valence-electron chi connectivity index (χ4n) is 3.86. The van der Waals surface area contributed by atoms with E-state index in [2.05, 4.69) is 17.1 Å². The van der Waals surface area contributed by atoms with Gasteiger partial charge in [-0.05, 0) is 37.5 Å². The summed E-state index contributed by atoms with van der Waals surface area (Å²) in [6, 6.07) is 6.41. The van der Waals surface area contributed by atoms with Crippen molar-refractivity contribution in [3.8, 4) is 28.1 Å². The molecule has 0 spiro atoms. The van der Waals surface area contributed by atoms with Crippen LogP contribution in [0.5, 0.6) is 5.75 Å². The second kappa shape index (κ2) is 6.49. The van der Waals surface area contributed by atoms with Crippen molar-refractivity contribution in [2.45, 2.75) is 32.2 Å². The number of aromatic nitrogens is 3. The van der Waals surface area contributed by atoms with Crippen LogP contribution in [0.15, 0.2) is 30.6 Å². The number of rotatable bonds is 2. The first-order chi connectivity index (χ1) is 13.2. The van der Waals surface area contributed by atoms with E-state index in [0.717, 1.165) is 58.8 Å². The molecule has 1 aromatic carbocycles. The number of H-pyrrole nitrogens is 1. The number of carbonyl (C=O) groups is 1. The highest BCUT2D eigenvalue weighted by Gasteiger charge is 2.30. The van der Waals surface area contributed by atoms with Gasteiger partial charge < -0.3 is 9.64 Å². The molecule has 1 fully saturated rings. The molecule has 2 aliphatic rings. The van der Waals surface area contributed by atoms with Crippen LogP contribution in [-0.4, -0.2) is 45.2 Å². The van der Waals surface area contributed by atoms with E-state index < -0.39 is 0 Å². The smallest absolute Gasteiger partial charge is 0.283 e. The van der Waals surface area contributed by atoms with Crippen molar-refractivity contribution >= 4 is 17.2 Å². The monoisotopic (exact) mass is 380 g/mol. The Morgan fingerprint density at radius 1 is 1.37 bits per heavy atom. The minimum absolute atomic E-state index is 0.0653. The van der Waals surface area contributed by atoms with Gasteiger partial charge in [0.1, 0.15) is 5.75 Å². The molecule has 1 unspecified atom stereocenters. The fourth-order valence-corrected chi connectivity index (χ4v) is 4.87. The van der Waals surface area contributed by atoms with Crippen molar-refractivity contribution in [2.24, 2.45) is 0 Å². The summed E-state index contributed by atoms with van der Waals surface area (Å²) in [5.41, 5.74) is 3.91. The Morgan fingerprint density at radius 3 is 3.07 bits per heavy atom. The Morgan fingerprint density at radius 2 is 2.30 bits per heavy atom. The predicted octanol–water partition coefficient (Wildman–Crippen LogP) is 3.76. The summed E-state index contributed by atoms with van der Waals surface area (Å²) in [6.07, 6.45) is 6.57. The number of hydrogen-bond acceptors (Lipinski definition) is 5. The van der Waals surface area contributed by atoms with Crippen LogP contribution in [0.3, 0.4) is 0 Å². The van der Waals surface area contributed by atoms with E-state index in [1.54, 1.807) is 6.20 Å². The zero-order valence-corrected chi connectivity index (χ0v) is 15.9. The van der Waals surface area contributed by atoms with E-state index in [4.69, 9.17) is 9.72 Å². The normalized spacial score (nSPS) is 18.6. The first-order valence-corrected chi connectivity index (χ1v) is 10.1. The molecule has 6 nitrogen and oxygen atoms in total. The summed E-state index contributed by atoms with van der Waals surface area (Å²) in [7, 11) is 0. The maximum absolute atomic E-state index is 12.9. The molecule has 0 saturated carbocycles. The maximum atomic E-state index is 12.9. The largest absolute Gasteiger partial charge is 0.492 e. The number of nitrogens with one attached hydrogen (secondary N) is 1. The second-order valence-corrected chi connectivity index (χ2v) is 8.16. The average Bonchev–Trinajstić information content (AvgIpc) is 3.41. The molecule has 1 atom stereocenters. The molecule has 0 aliphatic carbocycles. The highest BCUT2D eigenvalue weighted by molar-refractivity contribution is 7.14. The van der Waals surface area contributed by atoms with E-state index >= 15 is 0 Å². The van der Waals surface area contributed by atoms with Crippen LogP contribution >= 0.6 is 11.3 Å². The van der Waals surface area contributed by atoms with E-state index in [9.17, 15) is 4.79 Å². The Hall–Kier alpha value is -2.67. The molecule has 5 rings (SSSR count). The zero-order valence-electron chi connectivity index (χ0n) is 15.1. The summed E-state index contributed by atoms with van der Waals surface area (Å²) in [5, 5.41) is 7.45. The van der Waals surface area contributed by atoms with Gasteiger partial charge in [-0.2, -0.15) is 5.10 Å². The average molecular weight is 380 g/mol. The lowest BCUT2D eigenvalue weighted by molar-refractivity contribution is 0.0747. The van der Waals surface area contributed by atoms with Crippen molar-refractivity contribution in [1.82, 2.24) is 20.1 Å². The Labute approximate surface area is 161 Å². The number of fused-ring (bicyclic) bond motifs is 3. The summed E-state index contributed by atoms with van der Waals surface area (Å²) < 4.78 is 5.99. The molecule has 27 heavy (non-hydrogen) atoms. The summed E-state index contributed by atoms with van der Waals surface area (Å²) in [5.74, 6) is 0.877. The van der Waals surface area contributed by atoms with Crippen LogP contribution in [0, 0.1) is 0 Å². The minimum Gasteiger partial charge on any atom is -0.492 e. The van der Waals surface area contributed by atoms with Gasteiger partial charge in [0.15, 0.2) is 5.01 Å². The van der Waals surface area contributed by atoms with Gasteiger partial charge in [0.25, 0.3) is 5.91 Å². The molecule has 3 aromatic rings. The first kappa shape index (κ1) is 16.5. The van der Waals surface area contributed by atoms with Crippen molar-refractivity contribution in [1.29, 1.82) is 0 Å². The molecule has 7 heteroatoms. The Bertz CT molecular complexity index is 996. The lowest BCUT2D eigenvalue weighted by atomic mass is 10.0. The molecular formula is C20H20N4O2S. The number of benzene rings is 1. The third-order valence-electron chi connectivity index (χ3n) is 5.35. The SMILES string of the molecule is CC1CCCN1C(=O)c1nc2c(s1)CCOc1cc(-c3cn[nH]c3)ccc1-2. The number of thiazole rings is 1. The van der Waals surface area contributed by atoms with Crippen LogP contribution < -0.4 is 4.74 Å². The topological polar surface area (TPSA) is 71.1 Å². The molecule has 1 saturated heterocycles. The van der Waals surface area contributed by atoms with Crippen LogP contribution in [-0.2, 0) is 6.42 Å². The van der Waals surface area contributed by atoms with Crippen molar-refractivity contribution in [3.05, 3.63) is 40.5 Å². The molecule has 2 aliphatic heterocycles. The molecule has 138 valence electrons. The number of hydrogen-bond donors (Lipinski definition) is 1. The van der Waals surface area contributed by atoms with E-state index in [1.807, 2.05) is 29.3 Å². The van der Waals surface area contributed by atoms with Gasteiger partial charge in [0.2, 0.25) is 0 Å².